The molecule has 47 heavy (non-hydrogen) atoms. The maximum atomic E-state index is 6.53. The Kier molecular flexibility index (Phi) is 7.71. The Hall–Kier alpha value is -5.16. The van der Waals surface area contributed by atoms with Crippen LogP contribution in [0, 0.1) is 0 Å². The molecule has 0 N–H and O–H groups in total. The molecule has 5 heteroatoms. The summed E-state index contributed by atoms with van der Waals surface area (Å²) < 4.78 is 10.7. The van der Waals surface area contributed by atoms with Crippen molar-refractivity contribution in [1.82, 2.24) is 19.3 Å². The normalized spacial score (nSPS) is 12.1. The van der Waals surface area contributed by atoms with Crippen LogP contribution in [0.1, 0.15) is 77.0 Å². The monoisotopic (exact) mass is 618 g/mol. The summed E-state index contributed by atoms with van der Waals surface area (Å²) in [5.41, 5.74) is 9.50. The zero-order valence-electron chi connectivity index (χ0n) is 28.3. The van der Waals surface area contributed by atoms with Gasteiger partial charge in [0.2, 0.25) is 0 Å². The number of hydrogen-bond donors (Lipinski definition) is 0. The third-order valence-electron chi connectivity index (χ3n) is 9.05. The van der Waals surface area contributed by atoms with Gasteiger partial charge in [-0.05, 0) is 82.0 Å². The van der Waals surface area contributed by atoms with E-state index in [9.17, 15) is 0 Å². The molecule has 0 fully saturated rings. The summed E-state index contributed by atoms with van der Waals surface area (Å²) in [5.74, 6) is 3.24. The molecule has 0 aliphatic carbocycles. The van der Waals surface area contributed by atoms with Crippen LogP contribution in [0.4, 0.5) is 0 Å². The zero-order valence-corrected chi connectivity index (χ0v) is 28.3. The molecule has 0 spiro atoms. The highest BCUT2D eigenvalue weighted by molar-refractivity contribution is 6.09. The van der Waals surface area contributed by atoms with Gasteiger partial charge in [-0.1, -0.05) is 90.9 Å². The molecule has 7 aromatic rings. The number of aromatic nitrogens is 4. The lowest BCUT2D eigenvalue weighted by molar-refractivity contribution is 0.483. The fraction of sp³-hybridized carbons (Fsp3) is 0.238. The highest BCUT2D eigenvalue weighted by Gasteiger charge is 2.19. The minimum atomic E-state index is 0.0135. The lowest BCUT2D eigenvalue weighted by Crippen LogP contribution is -2.12. The van der Waals surface area contributed by atoms with Gasteiger partial charge in [-0.15, -0.1) is 0 Å². The van der Waals surface area contributed by atoms with Crippen LogP contribution in [0.5, 0.6) is 11.5 Å². The van der Waals surface area contributed by atoms with Crippen molar-refractivity contribution in [3.63, 3.8) is 0 Å². The van der Waals surface area contributed by atoms with E-state index in [1.54, 1.807) is 0 Å². The van der Waals surface area contributed by atoms with E-state index in [0.29, 0.717) is 11.8 Å². The van der Waals surface area contributed by atoms with Gasteiger partial charge in [0.1, 0.15) is 17.3 Å². The van der Waals surface area contributed by atoms with Crippen molar-refractivity contribution in [2.45, 2.75) is 65.7 Å². The van der Waals surface area contributed by atoms with Gasteiger partial charge in [-0.3, -0.25) is 4.57 Å². The van der Waals surface area contributed by atoms with Gasteiger partial charge in [0, 0.05) is 40.9 Å². The van der Waals surface area contributed by atoms with E-state index < -0.39 is 0 Å². The predicted molar refractivity (Wildman–Crippen MR) is 195 cm³/mol. The number of para-hydroxylation sites is 1. The van der Waals surface area contributed by atoms with Crippen LogP contribution < -0.4 is 4.74 Å². The average Bonchev–Trinajstić information content (AvgIpc) is 3.67. The maximum absolute atomic E-state index is 6.53. The van der Waals surface area contributed by atoms with Crippen LogP contribution in [0.3, 0.4) is 0 Å². The number of rotatable bonds is 7. The standard InChI is InChI=1S/C42H42N4O/c1-27(2)34-15-11-16-35(28(3)4)41(34)29-25-44-45(26-29)31-12-10-13-32(23-31)47-33-18-19-37-36-14-8-9-17-38(36)46(39(37)24-33)40-22-30(20-21-43-40)42(5,6)7/h8-28H,1-7H3. The molecule has 4 aromatic carbocycles. The second-order valence-corrected chi connectivity index (χ2v) is 14.1. The lowest BCUT2D eigenvalue weighted by Gasteiger charge is -2.20. The molecule has 236 valence electrons. The van der Waals surface area contributed by atoms with Gasteiger partial charge in [0.15, 0.2) is 0 Å². The number of fused-ring (bicyclic) bond motifs is 3. The van der Waals surface area contributed by atoms with Crippen molar-refractivity contribution >= 4 is 21.8 Å². The van der Waals surface area contributed by atoms with E-state index >= 15 is 0 Å². The van der Waals surface area contributed by atoms with Crippen molar-refractivity contribution in [1.29, 1.82) is 0 Å². The quantitative estimate of drug-likeness (QED) is 0.178. The number of nitrogens with zero attached hydrogens (tertiary/aromatic N) is 4. The van der Waals surface area contributed by atoms with Crippen molar-refractivity contribution in [3.05, 3.63) is 132 Å². The molecule has 0 bridgehead atoms. The number of hydrogen-bond acceptors (Lipinski definition) is 3. The number of ether oxygens (including phenoxy) is 1. The third kappa shape index (κ3) is 5.71. The summed E-state index contributed by atoms with van der Waals surface area (Å²) >= 11 is 0. The molecule has 0 aliphatic heterocycles. The summed E-state index contributed by atoms with van der Waals surface area (Å²) in [4.78, 5) is 4.82. The van der Waals surface area contributed by atoms with E-state index in [1.807, 2.05) is 41.3 Å². The smallest absolute Gasteiger partial charge is 0.137 e. The van der Waals surface area contributed by atoms with Crippen LogP contribution in [-0.2, 0) is 5.41 Å². The van der Waals surface area contributed by atoms with Gasteiger partial charge in [0.05, 0.1) is 22.9 Å². The first-order valence-electron chi connectivity index (χ1n) is 16.5. The van der Waals surface area contributed by atoms with Crippen LogP contribution in [0.25, 0.3) is 44.4 Å². The molecule has 3 aromatic heterocycles. The summed E-state index contributed by atoms with van der Waals surface area (Å²) in [6, 6.07) is 33.9. The van der Waals surface area contributed by atoms with Crippen LogP contribution in [-0.4, -0.2) is 19.3 Å². The molecule has 0 aliphatic rings. The minimum Gasteiger partial charge on any atom is -0.457 e. The van der Waals surface area contributed by atoms with Crippen LogP contribution in [0.15, 0.2) is 116 Å². The summed E-state index contributed by atoms with van der Waals surface area (Å²) in [6.07, 6.45) is 6.03. The molecular formula is C42H42N4O. The van der Waals surface area contributed by atoms with Gasteiger partial charge in [-0.2, -0.15) is 5.10 Å². The average molecular weight is 619 g/mol. The summed E-state index contributed by atoms with van der Waals surface area (Å²) in [5, 5.41) is 7.15. The molecule has 0 atom stereocenters. The molecule has 0 saturated heterocycles. The Bertz CT molecular complexity index is 2200. The Balaban J connectivity index is 1.25. The van der Waals surface area contributed by atoms with Crippen molar-refractivity contribution in [3.8, 4) is 34.1 Å². The van der Waals surface area contributed by atoms with Gasteiger partial charge < -0.3 is 4.74 Å². The number of benzene rings is 4. The highest BCUT2D eigenvalue weighted by atomic mass is 16.5. The first-order chi connectivity index (χ1) is 22.6. The molecule has 5 nitrogen and oxygen atoms in total. The fourth-order valence-corrected chi connectivity index (χ4v) is 6.57. The first-order valence-corrected chi connectivity index (χ1v) is 16.5. The molecule has 7 rings (SSSR count). The first kappa shape index (κ1) is 30.5. The number of pyridine rings is 1. The van der Waals surface area contributed by atoms with Crippen molar-refractivity contribution in [2.75, 3.05) is 0 Å². The molecule has 0 saturated carbocycles. The molecular weight excluding hydrogens is 576 g/mol. The Morgan fingerprint density at radius 1 is 0.681 bits per heavy atom. The lowest BCUT2D eigenvalue weighted by atomic mass is 9.86. The van der Waals surface area contributed by atoms with Crippen LogP contribution >= 0.6 is 0 Å². The minimum absolute atomic E-state index is 0.0135. The van der Waals surface area contributed by atoms with E-state index in [1.165, 1.54) is 27.6 Å². The van der Waals surface area contributed by atoms with Gasteiger partial charge in [0.25, 0.3) is 0 Å². The largest absolute Gasteiger partial charge is 0.457 e. The fourth-order valence-electron chi connectivity index (χ4n) is 6.57. The Morgan fingerprint density at radius 3 is 2.13 bits per heavy atom. The van der Waals surface area contributed by atoms with Gasteiger partial charge >= 0.3 is 0 Å². The van der Waals surface area contributed by atoms with Crippen molar-refractivity contribution < 1.29 is 4.74 Å². The van der Waals surface area contributed by atoms with E-state index in [-0.39, 0.29) is 5.41 Å². The van der Waals surface area contributed by atoms with E-state index in [2.05, 4.69) is 132 Å². The summed E-state index contributed by atoms with van der Waals surface area (Å²) in [7, 11) is 0. The van der Waals surface area contributed by atoms with Crippen LogP contribution in [0.2, 0.25) is 0 Å². The third-order valence-corrected chi connectivity index (χ3v) is 9.05. The second kappa shape index (κ2) is 11.9. The maximum Gasteiger partial charge on any atom is 0.137 e. The van der Waals surface area contributed by atoms with Gasteiger partial charge in [-0.25, -0.2) is 9.67 Å². The van der Waals surface area contributed by atoms with Crippen molar-refractivity contribution in [2.24, 2.45) is 0 Å². The molecule has 0 radical (unpaired) electrons. The Morgan fingerprint density at radius 2 is 1.38 bits per heavy atom. The molecule has 3 heterocycles. The zero-order chi connectivity index (χ0) is 32.9. The van der Waals surface area contributed by atoms with E-state index in [0.717, 1.165) is 45.0 Å². The Labute approximate surface area is 277 Å². The molecule has 0 amide bonds. The second-order valence-electron chi connectivity index (χ2n) is 14.1. The highest BCUT2D eigenvalue weighted by Crippen LogP contribution is 2.38. The predicted octanol–water partition coefficient (Wildman–Crippen LogP) is 11.4. The van der Waals surface area contributed by atoms with E-state index in [4.69, 9.17) is 14.8 Å². The topological polar surface area (TPSA) is 44.9 Å². The molecule has 0 unspecified atom stereocenters. The SMILES string of the molecule is CC(C)c1cccc(C(C)C)c1-c1cnn(-c2cccc(Oc3ccc4c5ccccc5n(-c5cc(C(C)(C)C)ccn5)c4c3)c2)c1. The summed E-state index contributed by atoms with van der Waals surface area (Å²) in [6.45, 7) is 15.7.